The summed E-state index contributed by atoms with van der Waals surface area (Å²) in [7, 11) is 0. The Kier molecular flexibility index (Phi) is 5.94. The highest BCUT2D eigenvalue weighted by molar-refractivity contribution is 6.05. The number of halogens is 1. The Morgan fingerprint density at radius 3 is 2.31 bits per heavy atom. The summed E-state index contributed by atoms with van der Waals surface area (Å²) in [6.07, 6.45) is -0.184. The third-order valence-corrected chi connectivity index (χ3v) is 4.03. The molecule has 0 aliphatic rings. The molecule has 0 atom stereocenters. The highest BCUT2D eigenvalue weighted by atomic mass is 19.1. The molecule has 0 fully saturated rings. The van der Waals surface area contributed by atoms with Gasteiger partial charge in [0.05, 0.1) is 11.3 Å². The molecule has 29 heavy (non-hydrogen) atoms. The van der Waals surface area contributed by atoms with Gasteiger partial charge in [0.25, 0.3) is 11.6 Å². The molecule has 3 aromatic carbocycles. The average Bonchev–Trinajstić information content (AvgIpc) is 2.68. The highest BCUT2D eigenvalue weighted by Crippen LogP contribution is 2.19. The van der Waals surface area contributed by atoms with Gasteiger partial charge in [0.15, 0.2) is 0 Å². The second kappa shape index (κ2) is 8.75. The van der Waals surface area contributed by atoms with Crippen LogP contribution in [-0.2, 0) is 11.2 Å². The number of amides is 2. The summed E-state index contributed by atoms with van der Waals surface area (Å²) in [4.78, 5) is 35.2. The van der Waals surface area contributed by atoms with Gasteiger partial charge in [-0.3, -0.25) is 19.7 Å². The number of para-hydroxylation sites is 1. The Hall–Kier alpha value is -4.07. The van der Waals surface area contributed by atoms with Crippen molar-refractivity contribution in [2.75, 3.05) is 10.6 Å². The van der Waals surface area contributed by atoms with Crippen LogP contribution in [0.5, 0.6) is 0 Å². The standard InChI is InChI=1S/C21H16FN3O4/c22-16-7-4-9-18(13-16)24-21(27)15-6-3-8-17(11-15)23-20(26)12-14-5-1-2-10-19(14)25(28)29/h1-11,13H,12H2,(H,23,26)(H,24,27). The van der Waals surface area contributed by atoms with Crippen molar-refractivity contribution in [1.29, 1.82) is 0 Å². The van der Waals surface area contributed by atoms with Crippen molar-refractivity contribution in [1.82, 2.24) is 0 Å². The van der Waals surface area contributed by atoms with E-state index < -0.39 is 22.6 Å². The lowest BCUT2D eigenvalue weighted by Crippen LogP contribution is -2.16. The second-order valence-electron chi connectivity index (χ2n) is 6.16. The van der Waals surface area contributed by atoms with E-state index in [0.29, 0.717) is 11.4 Å². The highest BCUT2D eigenvalue weighted by Gasteiger charge is 2.16. The molecule has 0 bridgehead atoms. The van der Waals surface area contributed by atoms with Gasteiger partial charge >= 0.3 is 0 Å². The van der Waals surface area contributed by atoms with E-state index in [1.165, 1.54) is 42.5 Å². The van der Waals surface area contributed by atoms with Crippen LogP contribution in [0, 0.1) is 15.9 Å². The second-order valence-corrected chi connectivity index (χ2v) is 6.16. The lowest BCUT2D eigenvalue weighted by molar-refractivity contribution is -0.385. The van der Waals surface area contributed by atoms with Gasteiger partial charge in [-0.1, -0.05) is 30.3 Å². The number of nitrogens with one attached hydrogen (secondary N) is 2. The van der Waals surface area contributed by atoms with Crippen LogP contribution in [-0.4, -0.2) is 16.7 Å². The number of carbonyl (C=O) groups excluding carboxylic acids is 2. The number of hydrogen-bond acceptors (Lipinski definition) is 4. The molecule has 2 amide bonds. The molecule has 0 heterocycles. The number of nitrogens with zero attached hydrogens (tertiary/aromatic N) is 1. The fourth-order valence-corrected chi connectivity index (χ4v) is 2.72. The summed E-state index contributed by atoms with van der Waals surface area (Å²) in [6.45, 7) is 0. The smallest absolute Gasteiger partial charge is 0.273 e. The van der Waals surface area contributed by atoms with Crippen LogP contribution in [0.25, 0.3) is 0 Å². The first-order valence-corrected chi connectivity index (χ1v) is 8.61. The first-order chi connectivity index (χ1) is 13.9. The summed E-state index contributed by atoms with van der Waals surface area (Å²) in [6, 6.07) is 17.7. The molecule has 7 nitrogen and oxygen atoms in total. The third-order valence-electron chi connectivity index (χ3n) is 4.03. The Labute approximate surface area is 165 Å². The predicted molar refractivity (Wildman–Crippen MR) is 106 cm³/mol. The first-order valence-electron chi connectivity index (χ1n) is 8.61. The van der Waals surface area contributed by atoms with E-state index >= 15 is 0 Å². The van der Waals surface area contributed by atoms with Crippen molar-refractivity contribution >= 4 is 28.9 Å². The van der Waals surface area contributed by atoms with Crippen molar-refractivity contribution in [3.63, 3.8) is 0 Å². The molecule has 3 rings (SSSR count). The van der Waals surface area contributed by atoms with Gasteiger partial charge in [-0.15, -0.1) is 0 Å². The molecule has 8 heteroatoms. The van der Waals surface area contributed by atoms with Crippen LogP contribution in [0.3, 0.4) is 0 Å². The molecule has 3 aromatic rings. The van der Waals surface area contributed by atoms with Gasteiger partial charge in [0, 0.05) is 28.6 Å². The number of nitro benzene ring substituents is 1. The maximum absolute atomic E-state index is 13.2. The monoisotopic (exact) mass is 393 g/mol. The molecule has 0 unspecified atom stereocenters. The molecule has 0 aliphatic carbocycles. The van der Waals surface area contributed by atoms with E-state index in [2.05, 4.69) is 10.6 Å². The Balaban J connectivity index is 1.69. The van der Waals surface area contributed by atoms with Gasteiger partial charge in [0.1, 0.15) is 5.82 Å². The zero-order chi connectivity index (χ0) is 20.8. The molecule has 0 spiro atoms. The average molecular weight is 393 g/mol. The van der Waals surface area contributed by atoms with E-state index in [1.54, 1.807) is 30.3 Å². The van der Waals surface area contributed by atoms with E-state index in [1.807, 2.05) is 0 Å². The molecule has 0 aliphatic heterocycles. The third kappa shape index (κ3) is 5.23. The summed E-state index contributed by atoms with van der Waals surface area (Å²) < 4.78 is 13.2. The number of rotatable bonds is 6. The largest absolute Gasteiger partial charge is 0.326 e. The van der Waals surface area contributed by atoms with E-state index in [4.69, 9.17) is 0 Å². The minimum Gasteiger partial charge on any atom is -0.326 e. The summed E-state index contributed by atoms with van der Waals surface area (Å²) in [5.74, 6) is -1.40. The molecular weight excluding hydrogens is 377 g/mol. The molecule has 146 valence electrons. The van der Waals surface area contributed by atoms with Crippen molar-refractivity contribution in [2.24, 2.45) is 0 Å². The number of hydrogen-bond donors (Lipinski definition) is 2. The number of anilines is 2. The van der Waals surface area contributed by atoms with Crippen molar-refractivity contribution in [3.05, 3.63) is 99.9 Å². The molecule has 2 N–H and O–H groups in total. The van der Waals surface area contributed by atoms with Gasteiger partial charge in [-0.05, 0) is 36.4 Å². The van der Waals surface area contributed by atoms with Crippen LogP contribution in [0.1, 0.15) is 15.9 Å². The summed E-state index contributed by atoms with van der Waals surface area (Å²) in [5.41, 5.74) is 1.08. The topological polar surface area (TPSA) is 101 Å². The molecular formula is C21H16FN3O4. The van der Waals surface area contributed by atoms with Gasteiger partial charge < -0.3 is 10.6 Å². The molecule has 0 aromatic heterocycles. The maximum Gasteiger partial charge on any atom is 0.273 e. The van der Waals surface area contributed by atoms with Crippen LogP contribution in [0.15, 0.2) is 72.8 Å². The van der Waals surface area contributed by atoms with E-state index in [9.17, 15) is 24.1 Å². The fraction of sp³-hybridized carbons (Fsp3) is 0.0476. The van der Waals surface area contributed by atoms with Crippen LogP contribution >= 0.6 is 0 Å². The predicted octanol–water partition coefficient (Wildman–Crippen LogP) is 4.17. The Morgan fingerprint density at radius 1 is 0.897 bits per heavy atom. The fourth-order valence-electron chi connectivity index (χ4n) is 2.72. The van der Waals surface area contributed by atoms with Crippen LogP contribution < -0.4 is 10.6 Å². The van der Waals surface area contributed by atoms with Gasteiger partial charge in [0.2, 0.25) is 5.91 Å². The minimum absolute atomic E-state index is 0.133. The number of nitro groups is 1. The number of carbonyl (C=O) groups is 2. The SMILES string of the molecule is O=C(Cc1ccccc1[N+](=O)[O-])Nc1cccc(C(=O)Nc2cccc(F)c2)c1. The maximum atomic E-state index is 13.2. The minimum atomic E-state index is -0.542. The van der Waals surface area contributed by atoms with Gasteiger partial charge in [-0.25, -0.2) is 4.39 Å². The van der Waals surface area contributed by atoms with Crippen LogP contribution in [0.2, 0.25) is 0 Å². The Morgan fingerprint density at radius 2 is 1.59 bits per heavy atom. The zero-order valence-corrected chi connectivity index (χ0v) is 15.1. The zero-order valence-electron chi connectivity index (χ0n) is 15.1. The van der Waals surface area contributed by atoms with Crippen molar-refractivity contribution < 1.29 is 18.9 Å². The van der Waals surface area contributed by atoms with Crippen LogP contribution in [0.4, 0.5) is 21.5 Å². The molecule has 0 saturated heterocycles. The normalized spacial score (nSPS) is 10.2. The lowest BCUT2D eigenvalue weighted by Gasteiger charge is -2.09. The molecule has 0 radical (unpaired) electrons. The Bertz CT molecular complexity index is 1080. The van der Waals surface area contributed by atoms with Crippen molar-refractivity contribution in [3.8, 4) is 0 Å². The van der Waals surface area contributed by atoms with E-state index in [0.717, 1.165) is 0 Å². The summed E-state index contributed by atoms with van der Waals surface area (Å²) in [5, 5.41) is 16.3. The number of benzene rings is 3. The van der Waals surface area contributed by atoms with E-state index in [-0.39, 0.29) is 23.2 Å². The summed E-state index contributed by atoms with van der Waals surface area (Å²) >= 11 is 0. The quantitative estimate of drug-likeness (QED) is 0.485. The van der Waals surface area contributed by atoms with Gasteiger partial charge in [-0.2, -0.15) is 0 Å². The lowest BCUT2D eigenvalue weighted by atomic mass is 10.1. The molecule has 0 saturated carbocycles. The van der Waals surface area contributed by atoms with Crippen molar-refractivity contribution in [2.45, 2.75) is 6.42 Å². The first kappa shape index (κ1) is 19.7.